The lowest BCUT2D eigenvalue weighted by Gasteiger charge is -2.30. The van der Waals surface area contributed by atoms with Gasteiger partial charge >= 0.3 is 0 Å². The maximum Gasteiger partial charge on any atom is 0.0302 e. The van der Waals surface area contributed by atoms with Crippen LogP contribution in [0.25, 0.3) is 0 Å². The summed E-state index contributed by atoms with van der Waals surface area (Å²) in [6.07, 6.45) is 7.10. The highest BCUT2D eigenvalue weighted by Gasteiger charge is 2.21. The van der Waals surface area contributed by atoms with E-state index in [0.717, 1.165) is 25.0 Å². The Balaban J connectivity index is 1.50. The first-order valence-corrected chi connectivity index (χ1v) is 8.52. The lowest BCUT2D eigenvalue weighted by molar-refractivity contribution is 0.200. The summed E-state index contributed by atoms with van der Waals surface area (Å²) in [5, 5.41) is 3.61. The van der Waals surface area contributed by atoms with Crippen molar-refractivity contribution in [3.63, 3.8) is 0 Å². The zero-order chi connectivity index (χ0) is 13.2. The summed E-state index contributed by atoms with van der Waals surface area (Å²) in [6, 6.07) is 3.24. The molecule has 0 saturated heterocycles. The molecule has 0 atom stereocenters. The van der Waals surface area contributed by atoms with E-state index >= 15 is 0 Å². The SMILES string of the molecule is Cc1sc(CNC2CC2)cc1CN(C)CC1CCC1. The highest BCUT2D eigenvalue weighted by Crippen LogP contribution is 2.28. The fourth-order valence-corrected chi connectivity index (χ4v) is 3.84. The van der Waals surface area contributed by atoms with Gasteiger partial charge in [0.05, 0.1) is 0 Å². The Morgan fingerprint density at radius 2 is 2.11 bits per heavy atom. The van der Waals surface area contributed by atoms with E-state index in [1.54, 1.807) is 5.56 Å². The summed E-state index contributed by atoms with van der Waals surface area (Å²) >= 11 is 1.98. The topological polar surface area (TPSA) is 15.3 Å². The maximum absolute atomic E-state index is 3.61. The molecule has 0 radical (unpaired) electrons. The standard InChI is InChI=1S/C16H26N2S/c1-12-14(11-18(2)10-13-4-3-5-13)8-16(19-12)9-17-15-6-7-15/h8,13,15,17H,3-7,9-11H2,1-2H3. The Morgan fingerprint density at radius 1 is 1.32 bits per heavy atom. The molecule has 1 aromatic rings. The molecular weight excluding hydrogens is 252 g/mol. The number of hydrogen-bond acceptors (Lipinski definition) is 3. The lowest BCUT2D eigenvalue weighted by Crippen LogP contribution is -2.29. The number of aryl methyl sites for hydroxylation is 1. The third-order valence-corrected chi connectivity index (χ3v) is 5.54. The van der Waals surface area contributed by atoms with Gasteiger partial charge in [-0.3, -0.25) is 0 Å². The summed E-state index contributed by atoms with van der Waals surface area (Å²) < 4.78 is 0. The Hall–Kier alpha value is -0.380. The second kappa shape index (κ2) is 5.94. The van der Waals surface area contributed by atoms with Crippen molar-refractivity contribution in [3.05, 3.63) is 21.4 Å². The third kappa shape index (κ3) is 3.80. The first-order valence-electron chi connectivity index (χ1n) is 7.71. The fourth-order valence-electron chi connectivity index (χ4n) is 2.84. The summed E-state index contributed by atoms with van der Waals surface area (Å²) in [7, 11) is 2.28. The summed E-state index contributed by atoms with van der Waals surface area (Å²) in [6.45, 7) is 5.76. The van der Waals surface area contributed by atoms with Gasteiger partial charge in [0.1, 0.15) is 0 Å². The van der Waals surface area contributed by atoms with Crippen molar-refractivity contribution < 1.29 is 0 Å². The molecule has 0 aromatic carbocycles. The zero-order valence-electron chi connectivity index (χ0n) is 12.2. The lowest BCUT2D eigenvalue weighted by atomic mass is 9.85. The van der Waals surface area contributed by atoms with Crippen molar-refractivity contribution in [2.75, 3.05) is 13.6 Å². The van der Waals surface area contributed by atoms with E-state index in [0.29, 0.717) is 0 Å². The van der Waals surface area contributed by atoms with Gasteiger partial charge < -0.3 is 10.2 Å². The molecule has 2 saturated carbocycles. The number of thiophene rings is 1. The quantitative estimate of drug-likeness (QED) is 0.820. The minimum Gasteiger partial charge on any atom is -0.309 e. The van der Waals surface area contributed by atoms with Gasteiger partial charge in [0.25, 0.3) is 0 Å². The van der Waals surface area contributed by atoms with E-state index in [1.807, 2.05) is 11.3 Å². The normalized spacial score (nSPS) is 19.9. The number of hydrogen-bond donors (Lipinski definition) is 1. The molecule has 0 bridgehead atoms. The average Bonchev–Trinajstić information content (AvgIpc) is 3.08. The highest BCUT2D eigenvalue weighted by molar-refractivity contribution is 7.12. The largest absolute Gasteiger partial charge is 0.309 e. The molecule has 3 rings (SSSR count). The molecule has 1 aromatic heterocycles. The zero-order valence-corrected chi connectivity index (χ0v) is 13.1. The van der Waals surface area contributed by atoms with Crippen LogP contribution in [0.1, 0.15) is 47.4 Å². The molecule has 106 valence electrons. The van der Waals surface area contributed by atoms with Gasteiger partial charge in [0.15, 0.2) is 0 Å². The number of rotatable bonds is 7. The van der Waals surface area contributed by atoms with E-state index in [-0.39, 0.29) is 0 Å². The molecule has 0 spiro atoms. The molecule has 1 N–H and O–H groups in total. The van der Waals surface area contributed by atoms with E-state index < -0.39 is 0 Å². The molecule has 2 nitrogen and oxygen atoms in total. The Bertz CT molecular complexity index is 418. The van der Waals surface area contributed by atoms with Crippen LogP contribution in [0.5, 0.6) is 0 Å². The molecule has 0 amide bonds. The predicted molar refractivity (Wildman–Crippen MR) is 82.6 cm³/mol. The Morgan fingerprint density at radius 3 is 2.74 bits per heavy atom. The van der Waals surface area contributed by atoms with Gasteiger partial charge in [-0.05, 0) is 57.2 Å². The van der Waals surface area contributed by atoms with Crippen molar-refractivity contribution in [2.45, 2.75) is 58.2 Å². The van der Waals surface area contributed by atoms with E-state index in [1.165, 1.54) is 48.4 Å². The van der Waals surface area contributed by atoms with Crippen LogP contribution >= 0.6 is 11.3 Å². The molecule has 2 aliphatic rings. The van der Waals surface area contributed by atoms with Crippen LogP contribution in [-0.4, -0.2) is 24.5 Å². The Kier molecular flexibility index (Phi) is 4.25. The first kappa shape index (κ1) is 13.6. The molecule has 2 fully saturated rings. The molecular formula is C16H26N2S. The van der Waals surface area contributed by atoms with E-state index in [2.05, 4.69) is 30.3 Å². The van der Waals surface area contributed by atoms with Crippen LogP contribution in [0.4, 0.5) is 0 Å². The second-order valence-corrected chi connectivity index (χ2v) is 7.78. The number of nitrogens with zero attached hydrogens (tertiary/aromatic N) is 1. The third-order valence-electron chi connectivity index (χ3n) is 4.45. The van der Waals surface area contributed by atoms with Gasteiger partial charge in [-0.15, -0.1) is 11.3 Å². The van der Waals surface area contributed by atoms with Crippen LogP contribution in [0.2, 0.25) is 0 Å². The highest BCUT2D eigenvalue weighted by atomic mass is 32.1. The monoisotopic (exact) mass is 278 g/mol. The van der Waals surface area contributed by atoms with Crippen LogP contribution in [0, 0.1) is 12.8 Å². The smallest absolute Gasteiger partial charge is 0.0302 e. The Labute approximate surface area is 121 Å². The van der Waals surface area contributed by atoms with Gasteiger partial charge in [-0.1, -0.05) is 6.42 Å². The summed E-state index contributed by atoms with van der Waals surface area (Å²) in [4.78, 5) is 5.53. The van der Waals surface area contributed by atoms with Gasteiger partial charge in [0, 0.05) is 35.4 Å². The minimum absolute atomic E-state index is 0.812. The first-order chi connectivity index (χ1) is 9.20. The van der Waals surface area contributed by atoms with Crippen molar-refractivity contribution in [1.82, 2.24) is 10.2 Å². The fraction of sp³-hybridized carbons (Fsp3) is 0.750. The van der Waals surface area contributed by atoms with Crippen molar-refractivity contribution in [1.29, 1.82) is 0 Å². The van der Waals surface area contributed by atoms with Crippen LogP contribution in [0.15, 0.2) is 6.07 Å². The van der Waals surface area contributed by atoms with Crippen molar-refractivity contribution in [3.8, 4) is 0 Å². The van der Waals surface area contributed by atoms with E-state index in [9.17, 15) is 0 Å². The van der Waals surface area contributed by atoms with Gasteiger partial charge in [-0.2, -0.15) is 0 Å². The molecule has 3 heteroatoms. The molecule has 1 heterocycles. The summed E-state index contributed by atoms with van der Waals surface area (Å²) in [5.41, 5.74) is 1.54. The minimum atomic E-state index is 0.812. The molecule has 0 aliphatic heterocycles. The predicted octanol–water partition coefficient (Wildman–Crippen LogP) is 3.54. The van der Waals surface area contributed by atoms with E-state index in [4.69, 9.17) is 0 Å². The van der Waals surface area contributed by atoms with Gasteiger partial charge in [0.2, 0.25) is 0 Å². The molecule has 2 aliphatic carbocycles. The number of nitrogens with one attached hydrogen (secondary N) is 1. The summed E-state index contributed by atoms with van der Waals surface area (Å²) in [5.74, 6) is 0.972. The average molecular weight is 278 g/mol. The second-order valence-electron chi connectivity index (χ2n) is 6.44. The maximum atomic E-state index is 3.61. The van der Waals surface area contributed by atoms with Crippen molar-refractivity contribution in [2.24, 2.45) is 5.92 Å². The molecule has 0 unspecified atom stereocenters. The van der Waals surface area contributed by atoms with Crippen molar-refractivity contribution >= 4 is 11.3 Å². The van der Waals surface area contributed by atoms with Crippen LogP contribution in [0.3, 0.4) is 0 Å². The van der Waals surface area contributed by atoms with Crippen LogP contribution < -0.4 is 5.32 Å². The van der Waals surface area contributed by atoms with Gasteiger partial charge in [-0.25, -0.2) is 0 Å². The molecule has 19 heavy (non-hydrogen) atoms. The van der Waals surface area contributed by atoms with Crippen LogP contribution in [-0.2, 0) is 13.1 Å².